The number of carbonyl (C=O) groups is 1. The average molecular weight is 334 g/mol. The molecule has 3 rings (SSSR count). The van der Waals surface area contributed by atoms with E-state index in [9.17, 15) is 4.79 Å². The van der Waals surface area contributed by atoms with Crippen LogP contribution in [0.5, 0.6) is 0 Å². The van der Waals surface area contributed by atoms with Crippen molar-refractivity contribution in [3.8, 4) is 0 Å². The Labute approximate surface area is 138 Å². The van der Waals surface area contributed by atoms with Crippen LogP contribution in [0.25, 0.3) is 10.8 Å². The van der Waals surface area contributed by atoms with Gasteiger partial charge in [-0.15, -0.1) is 0 Å². The Morgan fingerprint density at radius 3 is 2.91 bits per heavy atom. The predicted molar refractivity (Wildman–Crippen MR) is 88.0 cm³/mol. The maximum atomic E-state index is 11.8. The van der Waals surface area contributed by atoms with Gasteiger partial charge in [-0.2, -0.15) is 5.06 Å². The van der Waals surface area contributed by atoms with Gasteiger partial charge in [0.25, 0.3) is 0 Å². The minimum Gasteiger partial charge on any atom is -0.464 e. The summed E-state index contributed by atoms with van der Waals surface area (Å²) in [5, 5.41) is 4.03. The van der Waals surface area contributed by atoms with Gasteiger partial charge in [0.05, 0.1) is 17.3 Å². The molecular formula is C17H16ClNO4. The lowest BCUT2D eigenvalue weighted by molar-refractivity contribution is -0.153. The van der Waals surface area contributed by atoms with Crippen LogP contribution >= 0.6 is 11.6 Å². The van der Waals surface area contributed by atoms with E-state index in [-0.39, 0.29) is 6.73 Å². The molecule has 0 saturated carbocycles. The monoisotopic (exact) mass is 333 g/mol. The first-order valence-electron chi connectivity index (χ1n) is 7.27. The molecular weight excluding hydrogens is 318 g/mol. The molecule has 1 unspecified atom stereocenters. The number of hydrogen-bond donors (Lipinski definition) is 0. The van der Waals surface area contributed by atoms with Crippen LogP contribution in [0.1, 0.15) is 6.92 Å². The van der Waals surface area contributed by atoms with E-state index in [4.69, 9.17) is 25.9 Å². The smallest absolute Gasteiger partial charge is 0.339 e. The van der Waals surface area contributed by atoms with Crippen molar-refractivity contribution in [3.63, 3.8) is 0 Å². The van der Waals surface area contributed by atoms with Crippen LogP contribution in [0, 0.1) is 0 Å². The van der Waals surface area contributed by atoms with Gasteiger partial charge in [0.2, 0.25) is 0 Å². The summed E-state index contributed by atoms with van der Waals surface area (Å²) in [6.45, 7) is 2.12. The molecule has 0 radical (unpaired) electrons. The van der Waals surface area contributed by atoms with Gasteiger partial charge >= 0.3 is 5.97 Å². The van der Waals surface area contributed by atoms with E-state index in [1.807, 2.05) is 36.4 Å². The zero-order chi connectivity index (χ0) is 16.2. The maximum Gasteiger partial charge on any atom is 0.339 e. The fourth-order valence-corrected chi connectivity index (χ4v) is 2.67. The second-order valence-corrected chi connectivity index (χ2v) is 5.30. The highest BCUT2D eigenvalue weighted by molar-refractivity contribution is 6.36. The molecule has 1 heterocycles. The van der Waals surface area contributed by atoms with Crippen molar-refractivity contribution in [1.29, 1.82) is 0 Å². The number of hydroxylamine groups is 1. The highest BCUT2D eigenvalue weighted by Crippen LogP contribution is 2.33. The minimum atomic E-state index is -0.787. The molecule has 0 N–H and O–H groups in total. The van der Waals surface area contributed by atoms with Gasteiger partial charge < -0.3 is 14.3 Å². The molecule has 2 aromatic carbocycles. The van der Waals surface area contributed by atoms with Gasteiger partial charge in [-0.3, -0.25) is 0 Å². The third-order valence-electron chi connectivity index (χ3n) is 3.43. The largest absolute Gasteiger partial charge is 0.464 e. The Balaban J connectivity index is 1.87. The van der Waals surface area contributed by atoms with Crippen LogP contribution in [0.15, 0.2) is 48.7 Å². The summed E-state index contributed by atoms with van der Waals surface area (Å²) >= 11 is 6.33. The first-order valence-corrected chi connectivity index (χ1v) is 7.65. The molecule has 0 saturated heterocycles. The van der Waals surface area contributed by atoms with Crippen molar-refractivity contribution < 1.29 is 19.1 Å². The van der Waals surface area contributed by atoms with E-state index in [2.05, 4.69) is 0 Å². The Bertz CT molecular complexity index is 741. The number of esters is 1. The number of fused-ring (bicyclic) bond motifs is 1. The zero-order valence-electron chi connectivity index (χ0n) is 12.6. The van der Waals surface area contributed by atoms with E-state index in [0.717, 1.165) is 16.5 Å². The Morgan fingerprint density at radius 2 is 2.13 bits per heavy atom. The Kier molecular flexibility index (Phi) is 4.69. The lowest BCUT2D eigenvalue weighted by atomic mass is 10.1. The fraction of sp³-hybridized carbons (Fsp3) is 0.235. The molecule has 1 atom stereocenters. The highest BCUT2D eigenvalue weighted by Gasteiger charge is 2.23. The number of nitrogens with zero attached hydrogens (tertiary/aromatic N) is 1. The van der Waals surface area contributed by atoms with Gasteiger partial charge in [0, 0.05) is 5.39 Å². The lowest BCUT2D eigenvalue weighted by Crippen LogP contribution is -2.29. The van der Waals surface area contributed by atoms with Crippen LogP contribution < -0.4 is 5.06 Å². The molecule has 0 aliphatic carbocycles. The average Bonchev–Trinajstić information content (AvgIpc) is 2.81. The third-order valence-corrected chi connectivity index (χ3v) is 3.75. The number of anilines is 1. The summed E-state index contributed by atoms with van der Waals surface area (Å²) in [5.74, 6) is -0.440. The zero-order valence-corrected chi connectivity index (χ0v) is 13.3. The molecule has 2 aromatic rings. The van der Waals surface area contributed by atoms with Crippen LogP contribution in [0.2, 0.25) is 5.02 Å². The fourth-order valence-electron chi connectivity index (χ4n) is 2.40. The van der Waals surface area contributed by atoms with Gasteiger partial charge in [0.15, 0.2) is 12.8 Å². The minimum absolute atomic E-state index is 0.0703. The van der Waals surface area contributed by atoms with Gasteiger partial charge in [-0.1, -0.05) is 35.9 Å². The molecule has 120 valence electrons. The lowest BCUT2D eigenvalue weighted by Gasteiger charge is -2.23. The van der Waals surface area contributed by atoms with Crippen LogP contribution in [-0.2, 0) is 19.1 Å². The summed E-state index contributed by atoms with van der Waals surface area (Å²) < 4.78 is 10.5. The Hall–Kier alpha value is -2.24. The maximum absolute atomic E-state index is 11.8. The van der Waals surface area contributed by atoms with Gasteiger partial charge in [0.1, 0.15) is 6.26 Å². The second kappa shape index (κ2) is 6.89. The van der Waals surface area contributed by atoms with Crippen LogP contribution in [0.3, 0.4) is 0 Å². The van der Waals surface area contributed by atoms with Crippen molar-refractivity contribution in [1.82, 2.24) is 0 Å². The normalized spacial score (nSPS) is 17.7. The van der Waals surface area contributed by atoms with E-state index in [1.54, 1.807) is 12.0 Å². The van der Waals surface area contributed by atoms with Crippen molar-refractivity contribution in [2.75, 3.05) is 18.4 Å². The van der Waals surface area contributed by atoms with Crippen molar-refractivity contribution >= 4 is 34.0 Å². The SMILES string of the molecule is CCOC(=O)C1C=CON(c2cccc3cccc(Cl)c23)CO1. The number of rotatable bonds is 3. The number of ether oxygens (including phenoxy) is 2. The quantitative estimate of drug-likeness (QED) is 0.802. The van der Waals surface area contributed by atoms with Gasteiger partial charge in [-0.05, 0) is 30.5 Å². The first kappa shape index (κ1) is 15.6. The first-order chi connectivity index (χ1) is 11.2. The number of halogens is 1. The molecule has 5 nitrogen and oxygen atoms in total. The molecule has 0 aromatic heterocycles. The molecule has 1 aliphatic heterocycles. The summed E-state index contributed by atoms with van der Waals surface area (Å²) in [4.78, 5) is 17.3. The third kappa shape index (κ3) is 3.25. The van der Waals surface area contributed by atoms with Crippen LogP contribution in [-0.4, -0.2) is 25.4 Å². The van der Waals surface area contributed by atoms with E-state index < -0.39 is 12.1 Å². The summed E-state index contributed by atoms with van der Waals surface area (Å²) in [7, 11) is 0. The summed E-state index contributed by atoms with van der Waals surface area (Å²) in [6.07, 6.45) is 2.15. The van der Waals surface area contributed by atoms with Crippen molar-refractivity contribution in [2.45, 2.75) is 13.0 Å². The summed E-state index contributed by atoms with van der Waals surface area (Å²) in [5.41, 5.74) is 0.766. The predicted octanol–water partition coefficient (Wildman–Crippen LogP) is 3.66. The summed E-state index contributed by atoms with van der Waals surface area (Å²) in [6, 6.07) is 11.5. The molecule has 23 heavy (non-hydrogen) atoms. The van der Waals surface area contributed by atoms with Gasteiger partial charge in [-0.25, -0.2) is 4.79 Å². The number of benzene rings is 2. The Morgan fingerprint density at radius 1 is 1.35 bits per heavy atom. The molecule has 6 heteroatoms. The standard InChI is InChI=1S/C17H16ClNO4/c1-2-21-17(20)15-9-10-23-19(11-22-15)14-8-4-6-12-5-3-7-13(18)16(12)14/h3-10,15H,2,11H2,1H3. The van der Waals surface area contributed by atoms with E-state index in [1.165, 1.54) is 12.3 Å². The topological polar surface area (TPSA) is 48.0 Å². The molecule has 0 fully saturated rings. The van der Waals surface area contributed by atoms with Crippen molar-refractivity contribution in [3.05, 3.63) is 53.8 Å². The van der Waals surface area contributed by atoms with Crippen LogP contribution in [0.4, 0.5) is 5.69 Å². The number of carbonyl (C=O) groups excluding carboxylic acids is 1. The molecule has 0 spiro atoms. The molecule has 0 amide bonds. The van der Waals surface area contributed by atoms with E-state index in [0.29, 0.717) is 11.6 Å². The van der Waals surface area contributed by atoms with E-state index >= 15 is 0 Å². The highest BCUT2D eigenvalue weighted by atomic mass is 35.5. The van der Waals surface area contributed by atoms with Crippen molar-refractivity contribution in [2.24, 2.45) is 0 Å². The molecule has 1 aliphatic rings. The molecule has 0 bridgehead atoms. The number of hydrogen-bond acceptors (Lipinski definition) is 5. The second-order valence-electron chi connectivity index (χ2n) is 4.90.